The van der Waals surface area contributed by atoms with Gasteiger partial charge in [0.1, 0.15) is 6.54 Å². The van der Waals surface area contributed by atoms with E-state index in [0.717, 1.165) is 21.9 Å². The van der Waals surface area contributed by atoms with Gasteiger partial charge in [-0.1, -0.05) is 6.92 Å². The molecule has 8 heteroatoms. The van der Waals surface area contributed by atoms with Gasteiger partial charge in [0.05, 0.1) is 22.9 Å². The summed E-state index contributed by atoms with van der Waals surface area (Å²) in [5.74, 6) is 0.230. The topological polar surface area (TPSA) is 77.6 Å². The molecule has 0 saturated carbocycles. The standard InChI is InChI=1S/C21H21N5O2S/c1-3-15(17-7-8-19(29-17)25-9-5-4-6-10-25)24-21(28)26-13-18(27)23-16-11-14(2)12-22-20(16)26/h4-5,7-12,15H,3,13H2,1-2H3,(H,23,27)(H,24,28). The third-order valence-corrected chi connectivity index (χ3v) is 5.86. The third-order valence-electron chi connectivity index (χ3n) is 4.65. The Hall–Kier alpha value is -3.35. The molecule has 3 amide bonds. The molecular formula is C21H21N5O2S. The minimum Gasteiger partial charge on any atom is -0.330 e. The van der Waals surface area contributed by atoms with E-state index in [9.17, 15) is 9.59 Å². The molecule has 2 aliphatic rings. The Labute approximate surface area is 173 Å². The highest BCUT2D eigenvalue weighted by Gasteiger charge is 2.30. The molecule has 7 nitrogen and oxygen atoms in total. The Balaban J connectivity index is 1.53. The smallest absolute Gasteiger partial charge is 0.324 e. The summed E-state index contributed by atoms with van der Waals surface area (Å²) in [5.41, 5.74) is 4.52. The first-order chi connectivity index (χ1) is 14.0. The Morgan fingerprint density at radius 2 is 2.31 bits per heavy atom. The molecule has 29 heavy (non-hydrogen) atoms. The minimum absolute atomic E-state index is 0.0588. The maximum atomic E-state index is 13.0. The molecule has 2 aliphatic heterocycles. The van der Waals surface area contributed by atoms with Crippen molar-refractivity contribution in [2.24, 2.45) is 0 Å². The Morgan fingerprint density at radius 3 is 3.07 bits per heavy atom. The number of carbonyl (C=O) groups excluding carboxylic acids is 2. The van der Waals surface area contributed by atoms with Crippen LogP contribution in [0.4, 0.5) is 21.3 Å². The molecule has 4 rings (SSSR count). The van der Waals surface area contributed by atoms with E-state index in [-0.39, 0.29) is 24.5 Å². The summed E-state index contributed by atoms with van der Waals surface area (Å²) in [5, 5.41) is 6.88. The molecule has 0 bridgehead atoms. The van der Waals surface area contributed by atoms with Crippen LogP contribution >= 0.6 is 11.3 Å². The lowest BCUT2D eigenvalue weighted by Crippen LogP contribution is -2.48. The predicted octanol–water partition coefficient (Wildman–Crippen LogP) is 4.07. The fourth-order valence-electron chi connectivity index (χ4n) is 3.21. The minimum atomic E-state index is -0.333. The van der Waals surface area contributed by atoms with Crippen molar-refractivity contribution in [2.45, 2.75) is 26.3 Å². The number of hydrogen-bond donors (Lipinski definition) is 2. The van der Waals surface area contributed by atoms with Crippen molar-refractivity contribution in [1.29, 1.82) is 0 Å². The number of allylic oxidation sites excluding steroid dienone is 2. The molecule has 1 unspecified atom stereocenters. The highest BCUT2D eigenvalue weighted by atomic mass is 32.1. The lowest BCUT2D eigenvalue weighted by atomic mass is 10.2. The molecular weight excluding hydrogens is 386 g/mol. The van der Waals surface area contributed by atoms with Gasteiger partial charge in [0, 0.05) is 17.3 Å². The zero-order valence-electron chi connectivity index (χ0n) is 16.2. The normalized spacial score (nSPS) is 15.9. The number of hydrogen-bond acceptors (Lipinski definition) is 5. The van der Waals surface area contributed by atoms with Crippen LogP contribution in [-0.4, -0.2) is 23.5 Å². The van der Waals surface area contributed by atoms with Gasteiger partial charge in [-0.05, 0) is 49.3 Å². The fraction of sp³-hybridized carbons (Fsp3) is 0.238. The Kier molecular flexibility index (Phi) is 5.20. The van der Waals surface area contributed by atoms with Gasteiger partial charge in [-0.25, -0.2) is 9.78 Å². The second-order valence-electron chi connectivity index (χ2n) is 6.82. The quantitative estimate of drug-likeness (QED) is 0.749. The maximum Gasteiger partial charge on any atom is 0.324 e. The van der Waals surface area contributed by atoms with Crippen LogP contribution in [0, 0.1) is 6.92 Å². The summed E-state index contributed by atoms with van der Waals surface area (Å²) in [7, 11) is 0. The molecule has 0 spiro atoms. The Morgan fingerprint density at radius 1 is 1.45 bits per heavy atom. The number of thiophene rings is 1. The number of anilines is 3. The van der Waals surface area contributed by atoms with Crippen LogP contribution < -0.4 is 20.4 Å². The molecule has 0 radical (unpaired) electrons. The summed E-state index contributed by atoms with van der Waals surface area (Å²) in [6.07, 6.45) is 10.0. The number of amides is 3. The van der Waals surface area contributed by atoms with Crippen LogP contribution in [0.2, 0.25) is 0 Å². The van der Waals surface area contributed by atoms with Gasteiger partial charge in [0.25, 0.3) is 0 Å². The van der Waals surface area contributed by atoms with Crippen molar-refractivity contribution in [2.75, 3.05) is 21.7 Å². The number of aryl methyl sites for hydroxylation is 1. The summed E-state index contributed by atoms with van der Waals surface area (Å²) in [6, 6.07) is 5.37. The number of pyridine rings is 1. The molecule has 0 aromatic carbocycles. The number of aromatic nitrogens is 1. The summed E-state index contributed by atoms with van der Waals surface area (Å²) < 4.78 is 0. The van der Waals surface area contributed by atoms with Crippen LogP contribution in [-0.2, 0) is 4.79 Å². The first kappa shape index (κ1) is 19.0. The number of rotatable bonds is 4. The van der Waals surface area contributed by atoms with Gasteiger partial charge in [0.15, 0.2) is 5.82 Å². The number of nitrogens with one attached hydrogen (secondary N) is 2. The van der Waals surface area contributed by atoms with E-state index in [2.05, 4.69) is 21.3 Å². The Bertz CT molecular complexity index is 1050. The SMILES string of the molecule is CCC(NC(=O)N1CC(=O)Nc2cc(C)cnc21)c1ccc(N2C=C=CC=C2)s1. The first-order valence-electron chi connectivity index (χ1n) is 9.37. The molecule has 2 aromatic heterocycles. The fourth-order valence-corrected chi connectivity index (χ4v) is 4.31. The zero-order chi connectivity index (χ0) is 20.4. The van der Waals surface area contributed by atoms with Gasteiger partial charge in [0.2, 0.25) is 5.91 Å². The van der Waals surface area contributed by atoms with Gasteiger partial charge < -0.3 is 15.5 Å². The second kappa shape index (κ2) is 7.95. The van der Waals surface area contributed by atoms with E-state index in [0.29, 0.717) is 11.5 Å². The molecule has 1 atom stereocenters. The van der Waals surface area contributed by atoms with Gasteiger partial charge in [-0.15, -0.1) is 17.1 Å². The average Bonchev–Trinajstić information content (AvgIpc) is 3.21. The van der Waals surface area contributed by atoms with Gasteiger partial charge in [-0.2, -0.15) is 0 Å². The van der Waals surface area contributed by atoms with E-state index in [1.54, 1.807) is 17.5 Å². The van der Waals surface area contributed by atoms with Crippen LogP contribution in [0.1, 0.15) is 29.8 Å². The van der Waals surface area contributed by atoms with E-state index in [1.165, 1.54) is 4.90 Å². The number of fused-ring (bicyclic) bond motifs is 1. The number of carbonyl (C=O) groups is 2. The summed E-state index contributed by atoms with van der Waals surface area (Å²) in [4.78, 5) is 33.9. The van der Waals surface area contributed by atoms with E-state index < -0.39 is 0 Å². The number of urea groups is 1. The van der Waals surface area contributed by atoms with Crippen molar-refractivity contribution in [1.82, 2.24) is 10.3 Å². The van der Waals surface area contributed by atoms with Crippen LogP contribution in [0.15, 0.2) is 54.7 Å². The van der Waals surface area contributed by atoms with E-state index in [1.807, 2.05) is 61.5 Å². The van der Waals surface area contributed by atoms with Crippen molar-refractivity contribution in [3.05, 3.63) is 65.1 Å². The van der Waals surface area contributed by atoms with Crippen LogP contribution in [0.25, 0.3) is 0 Å². The molecule has 2 aromatic rings. The maximum absolute atomic E-state index is 13.0. The van der Waals surface area contributed by atoms with E-state index >= 15 is 0 Å². The first-order valence-corrected chi connectivity index (χ1v) is 10.2. The van der Waals surface area contributed by atoms with Crippen molar-refractivity contribution in [3.8, 4) is 0 Å². The molecule has 148 valence electrons. The monoisotopic (exact) mass is 407 g/mol. The molecule has 4 heterocycles. The largest absolute Gasteiger partial charge is 0.330 e. The van der Waals surface area contributed by atoms with E-state index in [4.69, 9.17) is 0 Å². The molecule has 2 N–H and O–H groups in total. The lowest BCUT2D eigenvalue weighted by molar-refractivity contribution is -0.115. The number of nitrogens with zero attached hydrogens (tertiary/aromatic N) is 3. The van der Waals surface area contributed by atoms with Crippen molar-refractivity contribution < 1.29 is 9.59 Å². The zero-order valence-corrected chi connectivity index (χ0v) is 17.0. The van der Waals surface area contributed by atoms with Crippen LogP contribution in [0.5, 0.6) is 0 Å². The second-order valence-corrected chi connectivity index (χ2v) is 7.91. The highest BCUT2D eigenvalue weighted by Crippen LogP contribution is 2.33. The lowest BCUT2D eigenvalue weighted by Gasteiger charge is -2.29. The predicted molar refractivity (Wildman–Crippen MR) is 115 cm³/mol. The third kappa shape index (κ3) is 3.94. The molecule has 0 saturated heterocycles. The average molecular weight is 407 g/mol. The van der Waals surface area contributed by atoms with Crippen molar-refractivity contribution in [3.63, 3.8) is 0 Å². The molecule has 0 aliphatic carbocycles. The summed E-state index contributed by atoms with van der Waals surface area (Å²) >= 11 is 1.61. The van der Waals surface area contributed by atoms with Crippen LogP contribution in [0.3, 0.4) is 0 Å². The van der Waals surface area contributed by atoms with Crippen molar-refractivity contribution >= 4 is 39.8 Å². The van der Waals surface area contributed by atoms with Gasteiger partial charge in [-0.3, -0.25) is 9.69 Å². The summed E-state index contributed by atoms with van der Waals surface area (Å²) in [6.45, 7) is 3.85. The van der Waals surface area contributed by atoms with Gasteiger partial charge >= 0.3 is 6.03 Å². The molecule has 0 fully saturated rings. The highest BCUT2D eigenvalue weighted by molar-refractivity contribution is 7.16.